The zero-order chi connectivity index (χ0) is 11.2. The lowest BCUT2D eigenvalue weighted by atomic mass is 9.97. The molecule has 17 heavy (non-hydrogen) atoms. The maximum Gasteiger partial charge on any atom is 0.0373 e. The summed E-state index contributed by atoms with van der Waals surface area (Å²) in [5.74, 6) is 1.01. The highest BCUT2D eigenvalue weighted by Gasteiger charge is 2.41. The molecule has 3 atom stereocenters. The highest BCUT2D eigenvalue weighted by molar-refractivity contribution is 5.53. The van der Waals surface area contributed by atoms with Crippen molar-refractivity contribution in [3.8, 4) is 0 Å². The Bertz CT molecular complexity index is 429. The summed E-state index contributed by atoms with van der Waals surface area (Å²) in [6, 6.07) is 10.4. The first-order valence-electron chi connectivity index (χ1n) is 6.97. The number of hydrogen-bond donors (Lipinski definition) is 1. The number of hydrogen-bond acceptors (Lipinski definition) is 2. The van der Waals surface area contributed by atoms with Gasteiger partial charge in [-0.05, 0) is 43.2 Å². The van der Waals surface area contributed by atoms with E-state index in [1.807, 2.05) is 0 Å². The Balaban J connectivity index is 1.55. The van der Waals surface area contributed by atoms with Crippen molar-refractivity contribution in [1.29, 1.82) is 0 Å². The summed E-state index contributed by atoms with van der Waals surface area (Å²) in [6.45, 7) is 2.50. The van der Waals surface area contributed by atoms with E-state index in [1.54, 1.807) is 0 Å². The van der Waals surface area contributed by atoms with Crippen molar-refractivity contribution < 1.29 is 0 Å². The summed E-state index contributed by atoms with van der Waals surface area (Å²) in [7, 11) is 0. The molecule has 2 heteroatoms. The number of fused-ring (bicyclic) bond motifs is 3. The van der Waals surface area contributed by atoms with E-state index in [1.165, 1.54) is 43.5 Å². The Kier molecular flexibility index (Phi) is 2.19. The molecule has 2 nitrogen and oxygen atoms in total. The van der Waals surface area contributed by atoms with E-state index >= 15 is 0 Å². The molecule has 0 aromatic heterocycles. The van der Waals surface area contributed by atoms with Gasteiger partial charge in [-0.1, -0.05) is 18.2 Å². The van der Waals surface area contributed by atoms with Crippen molar-refractivity contribution in [3.63, 3.8) is 0 Å². The predicted octanol–water partition coefficient (Wildman–Crippen LogP) is 2.51. The molecular weight excluding hydrogens is 208 g/mol. The van der Waals surface area contributed by atoms with Gasteiger partial charge in [-0.15, -0.1) is 0 Å². The van der Waals surface area contributed by atoms with Gasteiger partial charge in [0, 0.05) is 30.9 Å². The number of nitrogens with zero attached hydrogens (tertiary/aromatic N) is 1. The molecule has 1 N–H and O–H groups in total. The average molecular weight is 228 g/mol. The van der Waals surface area contributed by atoms with Crippen LogP contribution >= 0.6 is 0 Å². The molecule has 3 aliphatic rings. The Morgan fingerprint density at radius 2 is 2.06 bits per heavy atom. The second-order valence-electron chi connectivity index (χ2n) is 5.93. The molecule has 1 aliphatic carbocycles. The lowest BCUT2D eigenvalue weighted by molar-refractivity contribution is 0.152. The van der Waals surface area contributed by atoms with Crippen molar-refractivity contribution >= 4 is 5.69 Å². The fourth-order valence-corrected chi connectivity index (χ4v) is 4.07. The van der Waals surface area contributed by atoms with Crippen LogP contribution in [0.3, 0.4) is 0 Å². The molecule has 1 aromatic carbocycles. The van der Waals surface area contributed by atoms with Crippen molar-refractivity contribution in [2.24, 2.45) is 5.92 Å². The van der Waals surface area contributed by atoms with Gasteiger partial charge in [-0.2, -0.15) is 0 Å². The minimum atomic E-state index is 0.736. The lowest BCUT2D eigenvalue weighted by Gasteiger charge is -2.38. The van der Waals surface area contributed by atoms with Crippen molar-refractivity contribution in [1.82, 2.24) is 4.90 Å². The van der Waals surface area contributed by atoms with E-state index in [0.717, 1.165) is 24.5 Å². The van der Waals surface area contributed by atoms with Gasteiger partial charge in [0.15, 0.2) is 0 Å². The van der Waals surface area contributed by atoms with E-state index in [0.29, 0.717) is 0 Å². The molecule has 0 amide bonds. The third-order valence-corrected chi connectivity index (χ3v) is 4.92. The number of para-hydroxylation sites is 1. The number of anilines is 1. The summed E-state index contributed by atoms with van der Waals surface area (Å²) in [6.07, 6.45) is 5.64. The number of piperidine rings is 1. The quantitative estimate of drug-likeness (QED) is 0.794. The van der Waals surface area contributed by atoms with Crippen molar-refractivity contribution in [2.45, 2.75) is 37.8 Å². The molecule has 3 unspecified atom stereocenters. The molecule has 0 spiro atoms. The zero-order valence-corrected chi connectivity index (χ0v) is 10.2. The van der Waals surface area contributed by atoms with Crippen LogP contribution in [0.1, 0.15) is 24.8 Å². The van der Waals surface area contributed by atoms with Gasteiger partial charge < -0.3 is 5.32 Å². The van der Waals surface area contributed by atoms with Crippen LogP contribution in [0.4, 0.5) is 5.69 Å². The largest absolute Gasteiger partial charge is 0.383 e. The van der Waals surface area contributed by atoms with Crippen LogP contribution in [0.5, 0.6) is 0 Å². The summed E-state index contributed by atoms with van der Waals surface area (Å²) in [4.78, 5) is 2.79. The monoisotopic (exact) mass is 228 g/mol. The highest BCUT2D eigenvalue weighted by atomic mass is 15.2. The minimum Gasteiger partial charge on any atom is -0.383 e. The topological polar surface area (TPSA) is 15.3 Å². The predicted molar refractivity (Wildman–Crippen MR) is 70.3 cm³/mol. The molecule has 1 saturated carbocycles. The first kappa shape index (κ1) is 9.95. The fourth-order valence-electron chi connectivity index (χ4n) is 4.07. The standard InChI is InChI=1S/C15H20N2/c1-2-4-15-12(3-1)8-14(9-16-15)17-10-11-5-6-13(17)7-11/h1-4,11,13-14,16H,5-10H2. The average Bonchev–Trinajstić information content (AvgIpc) is 3.00. The second-order valence-corrected chi connectivity index (χ2v) is 5.93. The molecule has 0 radical (unpaired) electrons. The molecular formula is C15H20N2. The summed E-state index contributed by atoms with van der Waals surface area (Å²) >= 11 is 0. The third-order valence-electron chi connectivity index (χ3n) is 4.92. The van der Waals surface area contributed by atoms with Crippen LogP contribution in [0.15, 0.2) is 24.3 Å². The van der Waals surface area contributed by atoms with E-state index in [2.05, 4.69) is 34.5 Å². The summed E-state index contributed by atoms with van der Waals surface area (Å²) in [5.41, 5.74) is 2.86. The van der Waals surface area contributed by atoms with Crippen LogP contribution < -0.4 is 5.32 Å². The highest BCUT2D eigenvalue weighted by Crippen LogP contribution is 2.39. The molecule has 2 fully saturated rings. The Labute approximate surface area is 103 Å². The maximum atomic E-state index is 3.61. The molecule has 4 rings (SSSR count). The fraction of sp³-hybridized carbons (Fsp3) is 0.600. The first-order valence-corrected chi connectivity index (χ1v) is 6.97. The SMILES string of the molecule is c1ccc2c(c1)CC(N1CC3CCC1C3)CN2. The first-order chi connectivity index (χ1) is 8.40. The van der Waals surface area contributed by atoms with Gasteiger partial charge in [0.25, 0.3) is 0 Å². The molecule has 2 heterocycles. The van der Waals surface area contributed by atoms with E-state index in [4.69, 9.17) is 0 Å². The maximum absolute atomic E-state index is 3.61. The molecule has 1 saturated heterocycles. The van der Waals surface area contributed by atoms with Gasteiger partial charge in [0.2, 0.25) is 0 Å². The van der Waals surface area contributed by atoms with Crippen LogP contribution in [0.25, 0.3) is 0 Å². The van der Waals surface area contributed by atoms with Crippen LogP contribution in [0, 0.1) is 5.92 Å². The Morgan fingerprint density at radius 3 is 2.88 bits per heavy atom. The Hall–Kier alpha value is -1.02. The molecule has 2 bridgehead atoms. The number of likely N-dealkylation sites (tertiary alicyclic amines) is 1. The molecule has 1 aromatic rings. The Morgan fingerprint density at radius 1 is 1.12 bits per heavy atom. The van der Waals surface area contributed by atoms with Crippen LogP contribution in [-0.2, 0) is 6.42 Å². The second kappa shape index (κ2) is 3.74. The van der Waals surface area contributed by atoms with Crippen molar-refractivity contribution in [3.05, 3.63) is 29.8 Å². The molecule has 90 valence electrons. The normalized spacial score (nSPS) is 35.6. The number of rotatable bonds is 1. The van der Waals surface area contributed by atoms with Gasteiger partial charge in [-0.25, -0.2) is 0 Å². The number of benzene rings is 1. The third kappa shape index (κ3) is 1.58. The van der Waals surface area contributed by atoms with E-state index in [-0.39, 0.29) is 0 Å². The smallest absolute Gasteiger partial charge is 0.0373 e. The van der Waals surface area contributed by atoms with Crippen molar-refractivity contribution in [2.75, 3.05) is 18.4 Å². The zero-order valence-electron chi connectivity index (χ0n) is 10.2. The summed E-state index contributed by atoms with van der Waals surface area (Å²) in [5, 5.41) is 3.61. The van der Waals surface area contributed by atoms with Crippen LogP contribution in [0.2, 0.25) is 0 Å². The number of nitrogens with one attached hydrogen (secondary N) is 1. The van der Waals surface area contributed by atoms with Gasteiger partial charge in [0.05, 0.1) is 0 Å². The minimum absolute atomic E-state index is 0.736. The lowest BCUT2D eigenvalue weighted by Crippen LogP contribution is -2.47. The van der Waals surface area contributed by atoms with Gasteiger partial charge >= 0.3 is 0 Å². The summed E-state index contributed by atoms with van der Waals surface area (Å²) < 4.78 is 0. The van der Waals surface area contributed by atoms with E-state index in [9.17, 15) is 0 Å². The molecule has 2 aliphatic heterocycles. The van der Waals surface area contributed by atoms with Gasteiger partial charge in [0.1, 0.15) is 0 Å². The van der Waals surface area contributed by atoms with Crippen LogP contribution in [-0.4, -0.2) is 30.1 Å². The van der Waals surface area contributed by atoms with E-state index < -0.39 is 0 Å². The van der Waals surface area contributed by atoms with Gasteiger partial charge in [-0.3, -0.25) is 4.90 Å².